The van der Waals surface area contributed by atoms with Crippen molar-refractivity contribution in [3.05, 3.63) is 29.8 Å². The molecule has 4 nitrogen and oxygen atoms in total. The highest BCUT2D eigenvalue weighted by Gasteiger charge is 2.28. The summed E-state index contributed by atoms with van der Waals surface area (Å²) in [5, 5.41) is 2.52. The van der Waals surface area contributed by atoms with Gasteiger partial charge in [-0.15, -0.1) is 0 Å². The molecule has 0 bridgehead atoms. The van der Waals surface area contributed by atoms with E-state index in [0.29, 0.717) is 13.1 Å². The number of benzene rings is 1. The number of para-hydroxylation sites is 1. The third-order valence-corrected chi connectivity index (χ3v) is 2.66. The van der Waals surface area contributed by atoms with E-state index in [9.17, 15) is 9.59 Å². The van der Waals surface area contributed by atoms with Crippen LogP contribution in [0.5, 0.6) is 0 Å². The second-order valence-electron chi connectivity index (χ2n) is 3.69. The lowest BCUT2D eigenvalue weighted by molar-refractivity contribution is -0.137. The molecule has 0 fully saturated rings. The molecule has 0 atom stereocenters. The Morgan fingerprint density at radius 2 is 2.12 bits per heavy atom. The van der Waals surface area contributed by atoms with Crippen molar-refractivity contribution in [2.24, 2.45) is 0 Å². The summed E-state index contributed by atoms with van der Waals surface area (Å²) in [6.45, 7) is 2.86. The lowest BCUT2D eigenvalue weighted by atomic mass is 10.2. The number of hydrogen-bond donors (Lipinski definition) is 1. The molecule has 0 radical (unpaired) electrons. The van der Waals surface area contributed by atoms with Gasteiger partial charge in [-0.2, -0.15) is 0 Å². The van der Waals surface area contributed by atoms with Gasteiger partial charge in [-0.3, -0.25) is 9.59 Å². The zero-order chi connectivity index (χ0) is 11.5. The second-order valence-corrected chi connectivity index (χ2v) is 3.69. The molecule has 1 heterocycles. The van der Waals surface area contributed by atoms with Gasteiger partial charge in [0.05, 0.1) is 0 Å². The summed E-state index contributed by atoms with van der Waals surface area (Å²) < 4.78 is 0. The Hall–Kier alpha value is -1.84. The maximum atomic E-state index is 11.8. The number of amides is 2. The van der Waals surface area contributed by atoms with Crippen LogP contribution in [0.25, 0.3) is 0 Å². The predicted molar refractivity (Wildman–Crippen MR) is 61.2 cm³/mol. The fourth-order valence-electron chi connectivity index (χ4n) is 1.91. The number of hydrogen-bond acceptors (Lipinski definition) is 2. The van der Waals surface area contributed by atoms with Crippen LogP contribution in [0.3, 0.4) is 0 Å². The quantitative estimate of drug-likeness (QED) is 0.706. The number of fused-ring (bicyclic) bond motifs is 1. The van der Waals surface area contributed by atoms with Crippen LogP contribution in [0.2, 0.25) is 0 Å². The molecule has 2 rings (SSSR count). The molecule has 1 aromatic carbocycles. The second kappa shape index (κ2) is 4.35. The molecule has 0 aliphatic carbocycles. The van der Waals surface area contributed by atoms with E-state index in [2.05, 4.69) is 5.32 Å². The molecule has 4 heteroatoms. The Morgan fingerprint density at radius 3 is 2.88 bits per heavy atom. The molecule has 2 amide bonds. The lowest BCUT2D eigenvalue weighted by Gasteiger charge is -2.16. The Morgan fingerprint density at radius 1 is 1.38 bits per heavy atom. The molecular weight excluding hydrogens is 204 g/mol. The largest absolute Gasteiger partial charge is 0.348 e. The average Bonchev–Trinajstić information content (AvgIpc) is 2.72. The first-order chi connectivity index (χ1) is 7.74. The molecule has 0 saturated heterocycles. The van der Waals surface area contributed by atoms with Gasteiger partial charge in [-0.1, -0.05) is 18.2 Å². The Labute approximate surface area is 94.2 Å². The van der Waals surface area contributed by atoms with Gasteiger partial charge in [-0.05, 0) is 25.0 Å². The minimum atomic E-state index is -0.529. The highest BCUT2D eigenvalue weighted by atomic mass is 16.2. The Kier molecular flexibility index (Phi) is 2.90. The van der Waals surface area contributed by atoms with Crippen molar-refractivity contribution in [3.63, 3.8) is 0 Å². The highest BCUT2D eigenvalue weighted by molar-refractivity contribution is 6.40. The molecule has 84 valence electrons. The van der Waals surface area contributed by atoms with E-state index in [4.69, 9.17) is 0 Å². The number of nitrogens with one attached hydrogen (secondary N) is 1. The van der Waals surface area contributed by atoms with E-state index >= 15 is 0 Å². The summed E-state index contributed by atoms with van der Waals surface area (Å²) >= 11 is 0. The van der Waals surface area contributed by atoms with Crippen molar-refractivity contribution < 1.29 is 9.59 Å². The number of carbonyl (C=O) groups is 2. The minimum Gasteiger partial charge on any atom is -0.348 e. The minimum absolute atomic E-state index is 0.466. The van der Waals surface area contributed by atoms with E-state index in [1.807, 2.05) is 24.3 Å². The molecule has 16 heavy (non-hydrogen) atoms. The van der Waals surface area contributed by atoms with E-state index < -0.39 is 11.8 Å². The number of carbonyl (C=O) groups excluding carboxylic acids is 2. The van der Waals surface area contributed by atoms with Gasteiger partial charge in [0, 0.05) is 18.8 Å². The predicted octanol–water partition coefficient (Wildman–Crippen LogP) is 0.712. The first kappa shape index (κ1) is 10.7. The number of anilines is 1. The maximum absolute atomic E-state index is 11.8. The van der Waals surface area contributed by atoms with E-state index in [0.717, 1.165) is 17.7 Å². The van der Waals surface area contributed by atoms with Gasteiger partial charge in [0.2, 0.25) is 0 Å². The third kappa shape index (κ3) is 1.78. The van der Waals surface area contributed by atoms with Crippen LogP contribution in [0.4, 0.5) is 5.69 Å². The summed E-state index contributed by atoms with van der Waals surface area (Å²) in [4.78, 5) is 24.8. The van der Waals surface area contributed by atoms with Gasteiger partial charge >= 0.3 is 11.8 Å². The number of rotatable bonds is 1. The van der Waals surface area contributed by atoms with Crippen LogP contribution in [0.1, 0.15) is 12.5 Å². The summed E-state index contributed by atoms with van der Waals surface area (Å²) in [7, 11) is 0. The molecule has 0 unspecified atom stereocenters. The molecule has 1 aliphatic heterocycles. The van der Waals surface area contributed by atoms with Crippen molar-refractivity contribution in [3.8, 4) is 0 Å². The van der Waals surface area contributed by atoms with Crippen LogP contribution in [-0.2, 0) is 16.0 Å². The first-order valence-corrected chi connectivity index (χ1v) is 5.41. The zero-order valence-corrected chi connectivity index (χ0v) is 9.19. The molecule has 1 N–H and O–H groups in total. The van der Waals surface area contributed by atoms with E-state index in [1.54, 1.807) is 11.8 Å². The van der Waals surface area contributed by atoms with Gasteiger partial charge in [0.15, 0.2) is 0 Å². The number of likely N-dealkylation sites (N-methyl/N-ethyl adjacent to an activating group) is 1. The van der Waals surface area contributed by atoms with Crippen molar-refractivity contribution >= 4 is 17.5 Å². The fraction of sp³-hybridized carbons (Fsp3) is 0.333. The Bertz CT molecular complexity index is 429. The molecule has 1 aliphatic rings. The van der Waals surface area contributed by atoms with Crippen molar-refractivity contribution in [2.75, 3.05) is 18.0 Å². The van der Waals surface area contributed by atoms with E-state index in [-0.39, 0.29) is 0 Å². The average molecular weight is 218 g/mol. The smallest absolute Gasteiger partial charge is 0.316 e. The van der Waals surface area contributed by atoms with Crippen LogP contribution in [-0.4, -0.2) is 24.9 Å². The standard InChI is InChI=1S/C12H14N2O2/c1-2-13-11(15)12(16)14-8-7-9-5-3-4-6-10(9)14/h3-6H,2,7-8H2,1H3,(H,13,15). The molecular formula is C12H14N2O2. The molecule has 0 saturated carbocycles. The first-order valence-electron chi connectivity index (χ1n) is 5.41. The molecule has 1 aromatic rings. The summed E-state index contributed by atoms with van der Waals surface area (Å²) in [5.74, 6) is -0.994. The van der Waals surface area contributed by atoms with Crippen LogP contribution in [0.15, 0.2) is 24.3 Å². The van der Waals surface area contributed by atoms with Crippen LogP contribution in [0, 0.1) is 0 Å². The molecule has 0 aromatic heterocycles. The monoisotopic (exact) mass is 218 g/mol. The topological polar surface area (TPSA) is 49.4 Å². The summed E-state index contributed by atoms with van der Waals surface area (Å²) in [6.07, 6.45) is 0.821. The normalized spacial score (nSPS) is 13.4. The molecule has 0 spiro atoms. The van der Waals surface area contributed by atoms with Crippen LogP contribution < -0.4 is 10.2 Å². The number of nitrogens with zero attached hydrogens (tertiary/aromatic N) is 1. The fourth-order valence-corrected chi connectivity index (χ4v) is 1.91. The SMILES string of the molecule is CCNC(=O)C(=O)N1CCc2ccccc21. The van der Waals surface area contributed by atoms with Crippen molar-refractivity contribution in [2.45, 2.75) is 13.3 Å². The van der Waals surface area contributed by atoms with Gasteiger partial charge in [-0.25, -0.2) is 0 Å². The van der Waals surface area contributed by atoms with Gasteiger partial charge in [0.25, 0.3) is 0 Å². The van der Waals surface area contributed by atoms with Gasteiger partial charge < -0.3 is 10.2 Å². The van der Waals surface area contributed by atoms with Crippen molar-refractivity contribution in [1.29, 1.82) is 0 Å². The Balaban J connectivity index is 2.19. The summed E-state index contributed by atoms with van der Waals surface area (Å²) in [5.41, 5.74) is 1.99. The highest BCUT2D eigenvalue weighted by Crippen LogP contribution is 2.27. The van der Waals surface area contributed by atoms with Gasteiger partial charge in [0.1, 0.15) is 0 Å². The third-order valence-electron chi connectivity index (χ3n) is 2.66. The van der Waals surface area contributed by atoms with Crippen molar-refractivity contribution in [1.82, 2.24) is 5.32 Å². The van der Waals surface area contributed by atoms with E-state index in [1.165, 1.54) is 0 Å². The summed E-state index contributed by atoms with van der Waals surface area (Å²) in [6, 6.07) is 7.68. The zero-order valence-electron chi connectivity index (χ0n) is 9.19. The maximum Gasteiger partial charge on any atom is 0.316 e. The van der Waals surface area contributed by atoms with Crippen LogP contribution >= 0.6 is 0 Å². The lowest BCUT2D eigenvalue weighted by Crippen LogP contribution is -2.42.